The molecule has 6 heteroatoms. The summed E-state index contributed by atoms with van der Waals surface area (Å²) < 4.78 is 10.9. The molecule has 1 aromatic carbocycles. The maximum Gasteiger partial charge on any atom is 0.290 e. The number of benzene rings is 1. The number of hydrogen-bond donors (Lipinski definition) is 1. The first-order valence-electron chi connectivity index (χ1n) is 9.63. The highest BCUT2D eigenvalue weighted by atomic mass is 16.5. The molecule has 1 saturated heterocycles. The topological polar surface area (TPSA) is 80.0 Å². The second-order valence-electron chi connectivity index (χ2n) is 7.16. The predicted octanol–water partition coefficient (Wildman–Crippen LogP) is 3.60. The average molecular weight is 381 g/mol. The van der Waals surface area contributed by atoms with Crippen LogP contribution < -0.4 is 0 Å². The fourth-order valence-electron chi connectivity index (χ4n) is 3.90. The highest BCUT2D eigenvalue weighted by molar-refractivity contribution is 6.15. The standard InChI is InChI=1S/C22H23NO5/c1-2-14-7-9-15(10-8-14)19-18(20(24)17-6-4-12-28-17)21(25)22(26)23(19)13-16-5-3-11-27-16/h4,6-10,12,16,19,25H,2-3,5,11,13H2,1H3/t16-,19-/m1/s1. The van der Waals surface area contributed by atoms with E-state index in [-0.39, 0.29) is 17.4 Å². The Labute approximate surface area is 163 Å². The first-order chi connectivity index (χ1) is 13.6. The summed E-state index contributed by atoms with van der Waals surface area (Å²) in [4.78, 5) is 27.4. The average Bonchev–Trinajstić information content (AvgIpc) is 3.46. The molecule has 1 aromatic heterocycles. The van der Waals surface area contributed by atoms with E-state index < -0.39 is 23.5 Å². The lowest BCUT2D eigenvalue weighted by molar-refractivity contribution is -0.131. The van der Waals surface area contributed by atoms with Crippen molar-refractivity contribution < 1.29 is 23.8 Å². The minimum Gasteiger partial charge on any atom is -0.503 e. The van der Waals surface area contributed by atoms with Crippen LogP contribution in [0.5, 0.6) is 0 Å². The number of aliphatic hydroxyl groups is 1. The number of carbonyl (C=O) groups is 2. The summed E-state index contributed by atoms with van der Waals surface area (Å²) in [6.45, 7) is 3.06. The molecule has 3 heterocycles. The summed E-state index contributed by atoms with van der Waals surface area (Å²) >= 11 is 0. The van der Waals surface area contributed by atoms with Crippen molar-refractivity contribution in [1.29, 1.82) is 0 Å². The van der Waals surface area contributed by atoms with Crippen molar-refractivity contribution in [3.05, 3.63) is 70.9 Å². The van der Waals surface area contributed by atoms with Gasteiger partial charge in [-0.1, -0.05) is 31.2 Å². The van der Waals surface area contributed by atoms with E-state index in [0.29, 0.717) is 13.2 Å². The summed E-state index contributed by atoms with van der Waals surface area (Å²) in [5, 5.41) is 10.6. The van der Waals surface area contributed by atoms with E-state index in [2.05, 4.69) is 6.92 Å². The third-order valence-corrected chi connectivity index (χ3v) is 5.42. The van der Waals surface area contributed by atoms with Gasteiger partial charge in [0.2, 0.25) is 5.78 Å². The number of hydrogen-bond acceptors (Lipinski definition) is 5. The van der Waals surface area contributed by atoms with Gasteiger partial charge in [-0.15, -0.1) is 0 Å². The molecule has 0 radical (unpaired) electrons. The van der Waals surface area contributed by atoms with Crippen molar-refractivity contribution >= 4 is 11.7 Å². The maximum absolute atomic E-state index is 13.0. The van der Waals surface area contributed by atoms with Gasteiger partial charge in [0.05, 0.1) is 24.0 Å². The Kier molecular flexibility index (Phi) is 5.05. The van der Waals surface area contributed by atoms with E-state index >= 15 is 0 Å². The summed E-state index contributed by atoms with van der Waals surface area (Å²) in [6, 6.07) is 10.3. The predicted molar refractivity (Wildman–Crippen MR) is 102 cm³/mol. The molecule has 0 saturated carbocycles. The second-order valence-corrected chi connectivity index (χ2v) is 7.16. The molecule has 146 valence electrons. The van der Waals surface area contributed by atoms with Gasteiger partial charge in [0, 0.05) is 13.2 Å². The Balaban J connectivity index is 1.74. The second kappa shape index (κ2) is 7.64. The number of amides is 1. The number of ether oxygens (including phenoxy) is 1. The largest absolute Gasteiger partial charge is 0.503 e. The Morgan fingerprint density at radius 1 is 1.25 bits per heavy atom. The highest BCUT2D eigenvalue weighted by Crippen LogP contribution is 2.39. The summed E-state index contributed by atoms with van der Waals surface area (Å²) in [5.41, 5.74) is 2.00. The van der Waals surface area contributed by atoms with Gasteiger partial charge in [-0.3, -0.25) is 9.59 Å². The van der Waals surface area contributed by atoms with E-state index in [1.807, 2.05) is 24.3 Å². The van der Waals surface area contributed by atoms with Gasteiger partial charge in [0.1, 0.15) is 0 Å². The van der Waals surface area contributed by atoms with Gasteiger partial charge in [-0.05, 0) is 42.5 Å². The molecular weight excluding hydrogens is 358 g/mol. The monoisotopic (exact) mass is 381 g/mol. The Morgan fingerprint density at radius 2 is 2.04 bits per heavy atom. The van der Waals surface area contributed by atoms with Crippen molar-refractivity contribution in [2.75, 3.05) is 13.2 Å². The van der Waals surface area contributed by atoms with E-state index in [4.69, 9.17) is 9.15 Å². The van der Waals surface area contributed by atoms with Crippen molar-refractivity contribution in [2.45, 2.75) is 38.3 Å². The van der Waals surface area contributed by atoms with Crippen LogP contribution >= 0.6 is 0 Å². The normalized spacial score (nSPS) is 22.3. The van der Waals surface area contributed by atoms with Crippen LogP contribution in [0.1, 0.15) is 47.5 Å². The SMILES string of the molecule is CCc1ccc([C@@H]2C(C(=O)c3ccco3)=C(O)C(=O)N2C[C@H]2CCCO2)cc1. The zero-order valence-electron chi connectivity index (χ0n) is 15.8. The van der Waals surface area contributed by atoms with E-state index in [1.165, 1.54) is 12.3 Å². The maximum atomic E-state index is 13.0. The number of Topliss-reactive ketones (excluding diaryl/α,β-unsaturated/α-hetero) is 1. The Bertz CT molecular complexity index is 892. The van der Waals surface area contributed by atoms with Gasteiger partial charge >= 0.3 is 0 Å². The van der Waals surface area contributed by atoms with E-state index in [9.17, 15) is 14.7 Å². The molecular formula is C22H23NO5. The minimum absolute atomic E-state index is 0.0576. The van der Waals surface area contributed by atoms with Crippen molar-refractivity contribution in [3.8, 4) is 0 Å². The molecule has 0 spiro atoms. The fourth-order valence-corrected chi connectivity index (χ4v) is 3.90. The van der Waals surface area contributed by atoms with Gasteiger partial charge in [0.15, 0.2) is 11.5 Å². The molecule has 4 rings (SSSR count). The first kappa shape index (κ1) is 18.5. The van der Waals surface area contributed by atoms with Gasteiger partial charge in [-0.2, -0.15) is 0 Å². The highest BCUT2D eigenvalue weighted by Gasteiger charge is 2.45. The third-order valence-electron chi connectivity index (χ3n) is 5.42. The number of ketones is 1. The molecule has 0 aliphatic carbocycles. The third kappa shape index (κ3) is 3.24. The lowest BCUT2D eigenvalue weighted by atomic mass is 9.94. The summed E-state index contributed by atoms with van der Waals surface area (Å²) in [6.07, 6.45) is 4.00. The molecule has 2 aliphatic rings. The van der Waals surface area contributed by atoms with Crippen LogP contribution in [0.3, 0.4) is 0 Å². The van der Waals surface area contributed by atoms with Gasteiger partial charge in [0.25, 0.3) is 5.91 Å². The van der Waals surface area contributed by atoms with Crippen molar-refractivity contribution in [1.82, 2.24) is 4.90 Å². The van der Waals surface area contributed by atoms with Crippen LogP contribution in [0.2, 0.25) is 0 Å². The quantitative estimate of drug-likeness (QED) is 0.774. The Hall–Kier alpha value is -2.86. The van der Waals surface area contributed by atoms with Crippen LogP contribution in [0.15, 0.2) is 58.4 Å². The van der Waals surface area contributed by atoms with Crippen LogP contribution in [0, 0.1) is 0 Å². The van der Waals surface area contributed by atoms with Crippen LogP contribution in [0.4, 0.5) is 0 Å². The minimum atomic E-state index is -0.666. The zero-order valence-corrected chi connectivity index (χ0v) is 15.8. The molecule has 28 heavy (non-hydrogen) atoms. The number of furan rings is 1. The lowest BCUT2D eigenvalue weighted by Crippen LogP contribution is -2.37. The number of aliphatic hydroxyl groups excluding tert-OH is 1. The van der Waals surface area contributed by atoms with Gasteiger partial charge < -0.3 is 19.2 Å². The van der Waals surface area contributed by atoms with Gasteiger partial charge in [-0.25, -0.2) is 0 Å². The lowest BCUT2D eigenvalue weighted by Gasteiger charge is -2.28. The zero-order chi connectivity index (χ0) is 19.7. The molecule has 0 unspecified atom stereocenters. The van der Waals surface area contributed by atoms with Crippen molar-refractivity contribution in [2.24, 2.45) is 0 Å². The van der Waals surface area contributed by atoms with Crippen LogP contribution in [-0.2, 0) is 16.0 Å². The summed E-state index contributed by atoms with van der Waals surface area (Å²) in [7, 11) is 0. The number of aryl methyl sites for hydroxylation is 1. The first-order valence-corrected chi connectivity index (χ1v) is 9.63. The smallest absolute Gasteiger partial charge is 0.290 e. The molecule has 2 aromatic rings. The van der Waals surface area contributed by atoms with E-state index in [1.54, 1.807) is 11.0 Å². The number of nitrogens with zero attached hydrogens (tertiary/aromatic N) is 1. The molecule has 1 fully saturated rings. The molecule has 2 atom stereocenters. The summed E-state index contributed by atoms with van der Waals surface area (Å²) in [5.74, 6) is -1.43. The van der Waals surface area contributed by atoms with Crippen molar-refractivity contribution in [3.63, 3.8) is 0 Å². The number of carbonyl (C=O) groups excluding carboxylic acids is 2. The molecule has 2 aliphatic heterocycles. The Morgan fingerprint density at radius 3 is 2.64 bits per heavy atom. The number of rotatable bonds is 6. The molecule has 6 nitrogen and oxygen atoms in total. The molecule has 1 amide bonds. The fraction of sp³-hybridized carbons (Fsp3) is 0.364. The van der Waals surface area contributed by atoms with Crippen LogP contribution in [-0.4, -0.2) is 41.0 Å². The van der Waals surface area contributed by atoms with E-state index in [0.717, 1.165) is 30.4 Å². The molecule has 0 bridgehead atoms. The molecule has 1 N–H and O–H groups in total. The van der Waals surface area contributed by atoms with Crippen LogP contribution in [0.25, 0.3) is 0 Å².